The summed E-state index contributed by atoms with van der Waals surface area (Å²) in [6, 6.07) is 79.9. The Morgan fingerprint density at radius 3 is 1.54 bits per heavy atom. The maximum absolute atomic E-state index is 7.09. The number of para-hydroxylation sites is 2. The molecule has 0 saturated carbocycles. The summed E-state index contributed by atoms with van der Waals surface area (Å²) in [5.41, 5.74) is 18.0. The van der Waals surface area contributed by atoms with Crippen LogP contribution in [0.15, 0.2) is 223 Å². The highest BCUT2D eigenvalue weighted by atomic mass is 16.3. The molecule has 0 fully saturated rings. The van der Waals surface area contributed by atoms with Crippen LogP contribution in [0.1, 0.15) is 45.9 Å². The molecule has 0 aliphatic heterocycles. The van der Waals surface area contributed by atoms with Crippen molar-refractivity contribution in [2.24, 2.45) is 0 Å². The van der Waals surface area contributed by atoms with Crippen LogP contribution in [-0.4, -0.2) is 0 Å². The molecule has 10 aromatic rings. The fourth-order valence-corrected chi connectivity index (χ4v) is 10.7. The van der Waals surface area contributed by atoms with Gasteiger partial charge in [0.1, 0.15) is 11.2 Å². The molecule has 0 N–H and O–H groups in total. The van der Waals surface area contributed by atoms with E-state index in [-0.39, 0.29) is 0 Å². The zero-order chi connectivity index (χ0) is 39.1. The second-order valence-corrected chi connectivity index (χ2v) is 16.1. The molecule has 0 spiro atoms. The summed E-state index contributed by atoms with van der Waals surface area (Å²) >= 11 is 0. The van der Waals surface area contributed by atoms with E-state index in [1.54, 1.807) is 0 Å². The molecule has 0 atom stereocenters. The van der Waals surface area contributed by atoms with Crippen LogP contribution >= 0.6 is 0 Å². The fourth-order valence-electron chi connectivity index (χ4n) is 10.7. The number of hydrogen-bond donors (Lipinski definition) is 0. The van der Waals surface area contributed by atoms with Crippen LogP contribution in [0, 0.1) is 0 Å². The van der Waals surface area contributed by atoms with Gasteiger partial charge in [-0.3, -0.25) is 0 Å². The van der Waals surface area contributed by atoms with E-state index in [0.29, 0.717) is 0 Å². The summed E-state index contributed by atoms with van der Waals surface area (Å²) in [4.78, 5) is 2.44. The Labute approximate surface area is 344 Å². The van der Waals surface area contributed by atoms with Gasteiger partial charge in [0.25, 0.3) is 0 Å². The first-order valence-electron chi connectivity index (χ1n) is 20.5. The summed E-state index contributed by atoms with van der Waals surface area (Å²) in [6.07, 6.45) is 0. The van der Waals surface area contributed by atoms with E-state index in [1.807, 2.05) is 0 Å². The number of furan rings is 1. The Balaban J connectivity index is 1.15. The van der Waals surface area contributed by atoms with E-state index >= 15 is 0 Å². The SMILES string of the molecule is CC1(c2ccc(N(c3ccccc3)c3ccc4c(c3)C(c3ccccc3)(c3ccccc3)c3ccccc3-4)c3c2oc2ccccc23)c2ccccc2-c2ccccc21. The number of fused-ring (bicyclic) bond motifs is 9. The predicted molar refractivity (Wildman–Crippen MR) is 243 cm³/mol. The molecule has 2 nitrogen and oxygen atoms in total. The number of benzene rings is 9. The van der Waals surface area contributed by atoms with Gasteiger partial charge >= 0.3 is 0 Å². The molecule has 0 bridgehead atoms. The third-order valence-corrected chi connectivity index (χ3v) is 13.2. The molecule has 1 heterocycles. The van der Waals surface area contributed by atoms with Crippen LogP contribution in [0.25, 0.3) is 44.2 Å². The minimum Gasteiger partial charge on any atom is -0.456 e. The first kappa shape index (κ1) is 33.7. The first-order chi connectivity index (χ1) is 29.2. The molecule has 2 aliphatic rings. The van der Waals surface area contributed by atoms with E-state index in [1.165, 1.54) is 55.6 Å². The lowest BCUT2D eigenvalue weighted by atomic mass is 9.67. The van der Waals surface area contributed by atoms with Gasteiger partial charge in [0, 0.05) is 27.7 Å². The van der Waals surface area contributed by atoms with Gasteiger partial charge in [-0.05, 0) is 99.0 Å². The normalized spacial score (nSPS) is 14.1. The van der Waals surface area contributed by atoms with E-state index in [2.05, 4.69) is 230 Å². The Morgan fingerprint density at radius 1 is 0.390 bits per heavy atom. The monoisotopic (exact) mass is 753 g/mol. The van der Waals surface area contributed by atoms with Crippen molar-refractivity contribution in [1.82, 2.24) is 0 Å². The molecule has 0 unspecified atom stereocenters. The van der Waals surface area contributed by atoms with Gasteiger partial charge in [0.15, 0.2) is 0 Å². The van der Waals surface area contributed by atoms with Crippen LogP contribution in [0.5, 0.6) is 0 Å². The van der Waals surface area contributed by atoms with Crippen LogP contribution in [0.4, 0.5) is 17.1 Å². The molecular formula is C57H39NO. The molecular weight excluding hydrogens is 715 g/mol. The number of hydrogen-bond acceptors (Lipinski definition) is 2. The molecule has 0 amide bonds. The topological polar surface area (TPSA) is 16.4 Å². The van der Waals surface area contributed by atoms with Crippen LogP contribution in [0.3, 0.4) is 0 Å². The molecule has 0 radical (unpaired) electrons. The molecule has 59 heavy (non-hydrogen) atoms. The lowest BCUT2D eigenvalue weighted by molar-refractivity contribution is 0.638. The van der Waals surface area contributed by atoms with Crippen molar-refractivity contribution in [2.45, 2.75) is 17.8 Å². The zero-order valence-electron chi connectivity index (χ0n) is 32.6. The third kappa shape index (κ3) is 4.63. The lowest BCUT2D eigenvalue weighted by Crippen LogP contribution is -2.28. The van der Waals surface area contributed by atoms with E-state index in [0.717, 1.165) is 44.6 Å². The second-order valence-electron chi connectivity index (χ2n) is 16.1. The summed E-state index contributed by atoms with van der Waals surface area (Å²) in [6.45, 7) is 2.37. The minimum atomic E-state index is -0.522. The smallest absolute Gasteiger partial charge is 0.141 e. The predicted octanol–water partition coefficient (Wildman–Crippen LogP) is 14.8. The maximum atomic E-state index is 7.09. The van der Waals surface area contributed by atoms with Gasteiger partial charge in [0.05, 0.1) is 16.5 Å². The molecule has 9 aromatic carbocycles. The maximum Gasteiger partial charge on any atom is 0.141 e. The highest BCUT2D eigenvalue weighted by Crippen LogP contribution is 2.59. The highest BCUT2D eigenvalue weighted by Gasteiger charge is 2.47. The molecule has 12 rings (SSSR count). The molecule has 0 saturated heterocycles. The van der Waals surface area contributed by atoms with Gasteiger partial charge < -0.3 is 9.32 Å². The molecule has 278 valence electrons. The van der Waals surface area contributed by atoms with Crippen LogP contribution in [0.2, 0.25) is 0 Å². The average molecular weight is 754 g/mol. The standard InChI is InChI=1S/C57H39NO/c1-56(47-29-15-11-25-42(47)43-26-12-16-30-48(43)56)50-35-36-52(54-46-28-14-18-32-53(46)59-55(50)54)58(40-23-9-4-10-24-40)41-33-34-45-44-27-13-17-31-49(44)57(51(45)37-41,38-19-5-2-6-20-38)39-21-7-3-8-22-39/h2-37H,1H3. The van der Waals surface area contributed by atoms with Gasteiger partial charge in [-0.1, -0.05) is 182 Å². The van der Waals surface area contributed by atoms with Gasteiger partial charge in [-0.2, -0.15) is 0 Å². The van der Waals surface area contributed by atoms with Crippen LogP contribution in [-0.2, 0) is 10.8 Å². The molecule has 1 aromatic heterocycles. The van der Waals surface area contributed by atoms with Crippen molar-refractivity contribution in [3.63, 3.8) is 0 Å². The van der Waals surface area contributed by atoms with Crippen molar-refractivity contribution in [2.75, 3.05) is 4.90 Å². The van der Waals surface area contributed by atoms with E-state index in [9.17, 15) is 0 Å². The summed E-state index contributed by atoms with van der Waals surface area (Å²) in [7, 11) is 0. The van der Waals surface area contributed by atoms with Crippen molar-refractivity contribution >= 4 is 39.0 Å². The highest BCUT2D eigenvalue weighted by molar-refractivity contribution is 6.15. The van der Waals surface area contributed by atoms with Crippen molar-refractivity contribution < 1.29 is 4.42 Å². The Morgan fingerprint density at radius 2 is 0.898 bits per heavy atom. The second kappa shape index (κ2) is 12.8. The molecule has 2 aliphatic carbocycles. The summed E-state index contributed by atoms with van der Waals surface area (Å²) in [5.74, 6) is 0. The fraction of sp³-hybridized carbons (Fsp3) is 0.0526. The summed E-state index contributed by atoms with van der Waals surface area (Å²) in [5, 5.41) is 2.20. The number of anilines is 3. The number of nitrogens with zero attached hydrogens (tertiary/aromatic N) is 1. The Kier molecular flexibility index (Phi) is 7.31. The quantitative estimate of drug-likeness (QED) is 0.168. The van der Waals surface area contributed by atoms with E-state index < -0.39 is 10.8 Å². The number of rotatable bonds is 6. The van der Waals surface area contributed by atoms with Gasteiger partial charge in [-0.25, -0.2) is 0 Å². The van der Waals surface area contributed by atoms with Gasteiger partial charge in [0.2, 0.25) is 0 Å². The van der Waals surface area contributed by atoms with Crippen molar-refractivity contribution in [1.29, 1.82) is 0 Å². The Hall–Kier alpha value is -7.42. The zero-order valence-corrected chi connectivity index (χ0v) is 32.6. The van der Waals surface area contributed by atoms with Gasteiger partial charge in [-0.15, -0.1) is 0 Å². The van der Waals surface area contributed by atoms with E-state index in [4.69, 9.17) is 4.42 Å². The first-order valence-corrected chi connectivity index (χ1v) is 20.5. The summed E-state index contributed by atoms with van der Waals surface area (Å²) < 4.78 is 7.09. The molecule has 2 heteroatoms. The largest absolute Gasteiger partial charge is 0.456 e. The average Bonchev–Trinajstić information content (AvgIpc) is 3.93. The third-order valence-electron chi connectivity index (χ3n) is 13.2. The van der Waals surface area contributed by atoms with Crippen molar-refractivity contribution in [3.8, 4) is 22.3 Å². The minimum absolute atomic E-state index is 0.431. The van der Waals surface area contributed by atoms with Crippen LogP contribution < -0.4 is 4.90 Å². The Bertz CT molecular complexity index is 3150. The lowest BCUT2D eigenvalue weighted by Gasteiger charge is -2.35. The van der Waals surface area contributed by atoms with Crippen molar-refractivity contribution in [3.05, 3.63) is 257 Å².